The fourth-order valence-corrected chi connectivity index (χ4v) is 4.09. The minimum atomic E-state index is -1.04. The van der Waals surface area contributed by atoms with Crippen molar-refractivity contribution in [1.29, 1.82) is 5.41 Å². The summed E-state index contributed by atoms with van der Waals surface area (Å²) in [4.78, 5) is 38.9. The molecule has 2 atom stereocenters. The van der Waals surface area contributed by atoms with Crippen LogP contribution in [0, 0.1) is 5.41 Å². The van der Waals surface area contributed by atoms with Crippen LogP contribution in [0.5, 0.6) is 0 Å². The van der Waals surface area contributed by atoms with Crippen LogP contribution in [0.3, 0.4) is 0 Å². The topological polar surface area (TPSA) is 149 Å². The molecular weight excluding hydrogens is 470 g/mol. The first-order valence-corrected chi connectivity index (χ1v) is 11.4. The van der Waals surface area contributed by atoms with Gasteiger partial charge in [0.25, 0.3) is 0 Å². The molecule has 0 unspecified atom stereocenters. The zero-order valence-electron chi connectivity index (χ0n) is 19.4. The number of nitrogens with one attached hydrogen (secondary N) is 3. The molecule has 1 heterocycles. The minimum Gasteiger partial charge on any atom is -0.480 e. The highest BCUT2D eigenvalue weighted by atomic mass is 35.5. The van der Waals surface area contributed by atoms with Crippen molar-refractivity contribution in [2.75, 3.05) is 13.1 Å². The van der Waals surface area contributed by atoms with Crippen molar-refractivity contribution in [2.24, 2.45) is 5.73 Å². The summed E-state index contributed by atoms with van der Waals surface area (Å²) in [6, 6.07) is 15.5. The van der Waals surface area contributed by atoms with Crippen LogP contribution in [0.25, 0.3) is 0 Å². The van der Waals surface area contributed by atoms with Crippen LogP contribution in [0.4, 0.5) is 0 Å². The van der Waals surface area contributed by atoms with Crippen molar-refractivity contribution in [1.82, 2.24) is 15.5 Å². The second kappa shape index (κ2) is 13.5. The Kier molecular flexibility index (Phi) is 10.7. The van der Waals surface area contributed by atoms with Crippen molar-refractivity contribution in [3.8, 4) is 0 Å². The van der Waals surface area contributed by atoms with Crippen molar-refractivity contribution in [3.05, 3.63) is 71.3 Å². The number of aryl methyl sites for hydroxylation is 1. The summed E-state index contributed by atoms with van der Waals surface area (Å²) in [6.45, 7) is 0.428. The quantitative estimate of drug-likeness (QED) is 0.233. The minimum absolute atomic E-state index is 0. The molecule has 1 aliphatic rings. The average Bonchev–Trinajstić information content (AvgIpc) is 3.33. The average molecular weight is 502 g/mol. The highest BCUT2D eigenvalue weighted by molar-refractivity contribution is 5.95. The largest absolute Gasteiger partial charge is 0.480 e. The Morgan fingerprint density at radius 1 is 1.09 bits per heavy atom. The number of hydrogen-bond donors (Lipinski definition) is 5. The lowest BCUT2D eigenvalue weighted by atomic mass is 10.0. The lowest BCUT2D eigenvalue weighted by Gasteiger charge is -2.28. The number of carbonyl (C=O) groups excluding carboxylic acids is 2. The Balaban J connectivity index is 0.00000432. The molecule has 0 spiro atoms. The number of amides is 2. The molecule has 0 aliphatic carbocycles. The summed E-state index contributed by atoms with van der Waals surface area (Å²) in [7, 11) is 0. The zero-order valence-corrected chi connectivity index (χ0v) is 20.2. The number of carboxylic acids is 1. The maximum Gasteiger partial charge on any atom is 0.317 e. The number of halogens is 1. The number of nitrogen functional groups attached to an aromatic ring is 1. The van der Waals surface area contributed by atoms with Crippen LogP contribution in [0.15, 0.2) is 54.6 Å². The maximum atomic E-state index is 13.3. The predicted octanol–water partition coefficient (Wildman–Crippen LogP) is 1.68. The van der Waals surface area contributed by atoms with Crippen molar-refractivity contribution in [2.45, 2.75) is 44.3 Å². The van der Waals surface area contributed by atoms with Gasteiger partial charge in [0, 0.05) is 18.7 Å². The van der Waals surface area contributed by atoms with Gasteiger partial charge in [0.2, 0.25) is 11.8 Å². The Morgan fingerprint density at radius 3 is 2.40 bits per heavy atom. The first kappa shape index (κ1) is 27.8. The summed E-state index contributed by atoms with van der Waals surface area (Å²) in [5, 5.41) is 22.3. The fourth-order valence-electron chi connectivity index (χ4n) is 4.09. The van der Waals surface area contributed by atoms with E-state index >= 15 is 0 Å². The van der Waals surface area contributed by atoms with Gasteiger partial charge in [-0.1, -0.05) is 54.6 Å². The van der Waals surface area contributed by atoms with E-state index in [1.807, 2.05) is 30.3 Å². The molecule has 2 aromatic rings. The molecule has 10 heteroatoms. The molecule has 188 valence electrons. The number of carbonyl (C=O) groups is 3. The molecule has 0 radical (unpaired) electrons. The van der Waals surface area contributed by atoms with E-state index in [0.717, 1.165) is 11.1 Å². The molecule has 2 amide bonds. The van der Waals surface area contributed by atoms with Gasteiger partial charge in [0.1, 0.15) is 11.9 Å². The Labute approximate surface area is 211 Å². The number of rotatable bonds is 11. The molecule has 3 rings (SSSR count). The van der Waals surface area contributed by atoms with Gasteiger partial charge in [-0.3, -0.25) is 25.1 Å². The predicted molar refractivity (Wildman–Crippen MR) is 135 cm³/mol. The van der Waals surface area contributed by atoms with Gasteiger partial charge in [-0.05, 0) is 36.8 Å². The molecule has 0 bridgehead atoms. The van der Waals surface area contributed by atoms with Crippen LogP contribution in [-0.2, 0) is 27.3 Å². The lowest BCUT2D eigenvalue weighted by Crippen LogP contribution is -2.53. The zero-order chi connectivity index (χ0) is 24.5. The molecular formula is C25H32ClN5O4. The molecule has 2 aromatic carbocycles. The molecule has 35 heavy (non-hydrogen) atoms. The maximum absolute atomic E-state index is 13.3. The van der Waals surface area contributed by atoms with Crippen LogP contribution in [-0.4, -0.2) is 58.8 Å². The summed E-state index contributed by atoms with van der Waals surface area (Å²) >= 11 is 0. The van der Waals surface area contributed by atoms with Gasteiger partial charge in [-0.15, -0.1) is 12.4 Å². The number of benzene rings is 2. The monoisotopic (exact) mass is 501 g/mol. The van der Waals surface area contributed by atoms with Crippen molar-refractivity contribution >= 4 is 36.0 Å². The third-order valence-corrected chi connectivity index (χ3v) is 5.93. The van der Waals surface area contributed by atoms with E-state index in [1.165, 1.54) is 0 Å². The van der Waals surface area contributed by atoms with Gasteiger partial charge >= 0.3 is 5.97 Å². The van der Waals surface area contributed by atoms with E-state index in [9.17, 15) is 14.4 Å². The summed E-state index contributed by atoms with van der Waals surface area (Å²) < 4.78 is 0. The van der Waals surface area contributed by atoms with Crippen LogP contribution in [0.2, 0.25) is 0 Å². The Bertz CT molecular complexity index is 1020. The number of amidine groups is 1. The van der Waals surface area contributed by atoms with E-state index in [4.69, 9.17) is 16.2 Å². The number of likely N-dealkylation sites (tertiary alicyclic amines) is 1. The highest BCUT2D eigenvalue weighted by Crippen LogP contribution is 2.20. The van der Waals surface area contributed by atoms with Crippen molar-refractivity contribution < 1.29 is 19.5 Å². The smallest absolute Gasteiger partial charge is 0.317 e. The number of hydrogen-bond acceptors (Lipinski definition) is 5. The standard InChI is InChI=1S/C25H31N5O4.ClH/c26-23(27)19-11-8-18(9-12-19)15-29-24(33)21-7-4-14-30(21)25(34)20(28-16-22(31)32)13-10-17-5-2-1-3-6-17;/h1-3,5-6,8-9,11-12,20-21,28H,4,7,10,13-16H2,(H3,26,27)(H,29,33)(H,31,32);1H/t20-,21+;/m1./s1. The first-order valence-electron chi connectivity index (χ1n) is 11.4. The van der Waals surface area contributed by atoms with Gasteiger partial charge in [-0.2, -0.15) is 0 Å². The second-order valence-electron chi connectivity index (χ2n) is 8.37. The number of nitrogens with two attached hydrogens (primary N) is 1. The third-order valence-electron chi connectivity index (χ3n) is 5.93. The molecule has 1 saturated heterocycles. The van der Waals surface area contributed by atoms with Gasteiger partial charge in [-0.25, -0.2) is 0 Å². The molecule has 9 nitrogen and oxygen atoms in total. The molecule has 1 fully saturated rings. The van der Waals surface area contributed by atoms with E-state index in [1.54, 1.807) is 29.2 Å². The molecule has 1 aliphatic heterocycles. The third kappa shape index (κ3) is 8.08. The first-order chi connectivity index (χ1) is 16.3. The van der Waals surface area contributed by atoms with E-state index in [-0.39, 0.29) is 36.6 Å². The normalized spacial score (nSPS) is 15.7. The summed E-state index contributed by atoms with van der Waals surface area (Å²) in [6.07, 6.45) is 2.32. The summed E-state index contributed by atoms with van der Waals surface area (Å²) in [5.41, 5.74) is 8.00. The van der Waals surface area contributed by atoms with E-state index in [2.05, 4.69) is 10.6 Å². The molecule has 6 N–H and O–H groups in total. The van der Waals surface area contributed by atoms with Gasteiger partial charge in [0.05, 0.1) is 12.6 Å². The van der Waals surface area contributed by atoms with E-state index < -0.39 is 18.1 Å². The van der Waals surface area contributed by atoms with Gasteiger partial charge < -0.3 is 21.1 Å². The molecule has 0 aromatic heterocycles. The Hall–Kier alpha value is -3.43. The number of carboxylic acid groups (broad SMARTS) is 1. The van der Waals surface area contributed by atoms with Crippen LogP contribution in [0.1, 0.15) is 36.0 Å². The van der Waals surface area contributed by atoms with E-state index in [0.29, 0.717) is 44.3 Å². The second-order valence-corrected chi connectivity index (χ2v) is 8.37. The SMILES string of the molecule is Cl.N=C(N)c1ccc(CNC(=O)[C@@H]2CCCN2C(=O)[C@@H](CCc2ccccc2)NCC(=O)O)cc1. The van der Waals surface area contributed by atoms with Crippen molar-refractivity contribution in [3.63, 3.8) is 0 Å². The lowest BCUT2D eigenvalue weighted by molar-refractivity contribution is -0.141. The highest BCUT2D eigenvalue weighted by Gasteiger charge is 2.37. The van der Waals surface area contributed by atoms with Crippen LogP contribution >= 0.6 is 12.4 Å². The number of nitrogens with zero attached hydrogens (tertiary/aromatic N) is 1. The Morgan fingerprint density at radius 2 is 1.77 bits per heavy atom. The molecule has 0 saturated carbocycles. The fraction of sp³-hybridized carbons (Fsp3) is 0.360. The van der Waals surface area contributed by atoms with Gasteiger partial charge in [0.15, 0.2) is 0 Å². The summed E-state index contributed by atoms with van der Waals surface area (Å²) in [5.74, 6) is -1.54. The number of aliphatic carboxylic acids is 1. The van der Waals surface area contributed by atoms with Crippen LogP contribution < -0.4 is 16.4 Å².